The summed E-state index contributed by atoms with van der Waals surface area (Å²) >= 11 is 1.27. The number of hydrogen-bond acceptors (Lipinski definition) is 39. The van der Waals surface area contributed by atoms with Crippen LogP contribution >= 0.6 is 11.8 Å². The highest BCUT2D eigenvalue weighted by atomic mass is 32.2. The Labute approximate surface area is 616 Å². The van der Waals surface area contributed by atoms with Gasteiger partial charge in [0.05, 0.1) is 57.0 Å². The summed E-state index contributed by atoms with van der Waals surface area (Å²) in [5.41, 5.74) is 0. The lowest BCUT2D eigenvalue weighted by Gasteiger charge is -2.51. The van der Waals surface area contributed by atoms with Crippen LogP contribution in [-0.4, -0.2) is 408 Å². The van der Waals surface area contributed by atoms with Gasteiger partial charge < -0.3 is 170 Å². The number of hydrogen-bond donors (Lipinski definition) is 22. The Balaban J connectivity index is 0.959. The predicted octanol–water partition coefficient (Wildman–Crippen LogP) is -11.3. The molecule has 22 N–H and O–H groups in total. The van der Waals surface area contributed by atoms with Crippen LogP contribution in [0.1, 0.15) is 97.3 Å². The maximum absolute atomic E-state index is 13.2. The first-order chi connectivity index (χ1) is 50.9. The number of rotatable bonds is 41. The SMILES string of the molecule is CCC(=O)CCCCCN1C(=O)CC(SCCC(=O)CCCCCCO[C@@H]2OC(CO)[C@H](O)[C@H](O[C@@H]3OC(CO)[C@H](O[C@H]4OC(CO)[C@H](O)[C@H](O[C@@H]5OC(CO)[C@H](O)[C@H](O[C@@H]6OC(CO)[C@H](O)[C@H](OC7(C(=O)O)C[C@@H](O)[C@@H](NC(=O)CO)C([C@H](O)[C@H](O)CO)O7)C6O)C5NC(C)=O)C4O)[C@H](O)C3O)C2O)C1=O. The molecular weight excluding hydrogens is 1470 g/mol. The molecule has 7 aliphatic rings. The molecule has 7 rings (SSSR count). The molecule has 0 aromatic carbocycles. The third-order valence-electron chi connectivity index (χ3n) is 19.6. The first kappa shape index (κ1) is 90.2. The van der Waals surface area contributed by atoms with Crippen molar-refractivity contribution in [1.29, 1.82) is 0 Å². The Morgan fingerprint density at radius 1 is 0.551 bits per heavy atom. The quantitative estimate of drug-likeness (QED) is 0.0200. The molecule has 107 heavy (non-hydrogen) atoms. The number of ether oxygens (including phenoxy) is 12. The van der Waals surface area contributed by atoms with E-state index in [2.05, 4.69) is 10.6 Å². The number of aliphatic hydroxyl groups is 19. The second-order valence-electron chi connectivity index (χ2n) is 27.1. The number of likely N-dealkylation sites (tertiary alicyclic amines) is 1. The molecule has 0 radical (unpaired) electrons. The summed E-state index contributed by atoms with van der Waals surface area (Å²) in [5.74, 6) is -7.68. The average molecular weight is 1570 g/mol. The van der Waals surface area contributed by atoms with E-state index in [9.17, 15) is 136 Å². The van der Waals surface area contributed by atoms with E-state index in [1.807, 2.05) is 0 Å². The Hall–Kier alpha value is -4.00. The number of carbonyl (C=O) groups is 7. The van der Waals surface area contributed by atoms with Crippen LogP contribution in [0.15, 0.2) is 0 Å². The monoisotopic (exact) mass is 1570 g/mol. The van der Waals surface area contributed by atoms with E-state index in [0.717, 1.165) is 6.92 Å². The van der Waals surface area contributed by atoms with Gasteiger partial charge in [0.2, 0.25) is 23.6 Å². The molecule has 13 unspecified atom stereocenters. The van der Waals surface area contributed by atoms with Crippen molar-refractivity contribution >= 4 is 52.9 Å². The van der Waals surface area contributed by atoms with Crippen LogP contribution in [0.25, 0.3) is 0 Å². The van der Waals surface area contributed by atoms with Gasteiger partial charge in [0.1, 0.15) is 159 Å². The summed E-state index contributed by atoms with van der Waals surface area (Å²) in [6, 6.07) is -3.82. The maximum atomic E-state index is 13.2. The van der Waals surface area contributed by atoms with Crippen molar-refractivity contribution in [3.63, 3.8) is 0 Å². The molecule has 43 heteroatoms. The topological polar surface area (TPSA) is 662 Å². The summed E-state index contributed by atoms with van der Waals surface area (Å²) in [4.78, 5) is 89.4. The van der Waals surface area contributed by atoms with Gasteiger partial charge in [0.15, 0.2) is 31.5 Å². The lowest BCUT2D eigenvalue weighted by Crippen LogP contribution is -2.71. The molecule has 7 aliphatic heterocycles. The van der Waals surface area contributed by atoms with E-state index >= 15 is 0 Å². The van der Waals surface area contributed by atoms with Crippen molar-refractivity contribution < 1.29 is 193 Å². The standard InChI is InChI=1S/C64H105N3O39S/c1-3-27(76)11-8-6-9-14-67-38(81)17-36(57(67)92)107-16-13-28(77)12-7-4-5-10-15-95-59-48(89)54(43(84)32(21-70)97-59)104-60-47(88)46(87)51(35(24-73)100-60)101-61-49(90)55(44(85)33(22-71)98-61)103-58-40(65-26(2)75)52(42(83)31(20-69)96-58)102-62-50(91)56(45(86)34(23-72)99-62)106-64(63(93)94)18-29(78)39(66-37(80)25-74)53(105-64)41(82)30(79)19-68/h29-36,39-56,58-62,68-74,78-79,82-91H,3-25H2,1-2H3,(H,65,75)(H,66,80)(H,93,94)/t29-,30-,31?,32?,33?,34?,35?,36?,39-,40?,41-,42+,43+,44+,45+,46-,47?,48?,49?,50?,51+,52-,53?,54+,55+,56+,58+,59-,60+,61-,62+,64?/m1/s1. The highest BCUT2D eigenvalue weighted by Gasteiger charge is 2.62. The minimum Gasteiger partial charge on any atom is -0.477 e. The van der Waals surface area contributed by atoms with Crippen molar-refractivity contribution in [1.82, 2.24) is 15.5 Å². The van der Waals surface area contributed by atoms with E-state index in [1.54, 1.807) is 6.92 Å². The van der Waals surface area contributed by atoms with Crippen LogP contribution in [0.4, 0.5) is 0 Å². The number of Topliss-reactive ketones (excluding diaryl/α,β-unsaturated/α-hetero) is 2. The van der Waals surface area contributed by atoms with Gasteiger partial charge in [-0.3, -0.25) is 33.7 Å². The zero-order valence-electron chi connectivity index (χ0n) is 58.7. The van der Waals surface area contributed by atoms with E-state index < -0.39 is 265 Å². The number of thioether (sulfide) groups is 1. The van der Waals surface area contributed by atoms with E-state index in [-0.39, 0.29) is 55.8 Å². The number of carboxylic acids is 1. The minimum atomic E-state index is -3.31. The molecule has 7 heterocycles. The van der Waals surface area contributed by atoms with Gasteiger partial charge in [0, 0.05) is 64.4 Å². The van der Waals surface area contributed by atoms with Crippen LogP contribution in [0.2, 0.25) is 0 Å². The van der Waals surface area contributed by atoms with Crippen molar-refractivity contribution in [2.45, 2.75) is 292 Å². The zero-order chi connectivity index (χ0) is 78.9. The number of unbranched alkanes of at least 4 members (excludes halogenated alkanes) is 5. The molecule has 0 aromatic heterocycles. The van der Waals surface area contributed by atoms with Gasteiger partial charge >= 0.3 is 5.97 Å². The van der Waals surface area contributed by atoms with Crippen molar-refractivity contribution in [3.05, 3.63) is 0 Å². The average Bonchev–Trinajstić information content (AvgIpc) is 0.801. The molecule has 0 aromatic rings. The number of nitrogens with zero attached hydrogens (tertiary/aromatic N) is 1. The maximum Gasteiger partial charge on any atom is 0.364 e. The molecule has 0 aliphatic carbocycles. The van der Waals surface area contributed by atoms with Gasteiger partial charge in [-0.2, -0.15) is 0 Å². The Morgan fingerprint density at radius 3 is 1.60 bits per heavy atom. The number of imide groups is 1. The molecule has 32 atom stereocenters. The molecule has 4 amide bonds. The molecule has 0 spiro atoms. The van der Waals surface area contributed by atoms with E-state index in [1.165, 1.54) is 16.7 Å². The largest absolute Gasteiger partial charge is 0.477 e. The number of carboxylic acid groups (broad SMARTS) is 1. The lowest BCUT2D eigenvalue weighted by atomic mass is 9.88. The third-order valence-corrected chi connectivity index (χ3v) is 20.8. The third kappa shape index (κ3) is 22.5. The zero-order valence-corrected chi connectivity index (χ0v) is 59.5. The van der Waals surface area contributed by atoms with Gasteiger partial charge in [-0.15, -0.1) is 11.8 Å². The summed E-state index contributed by atoms with van der Waals surface area (Å²) in [7, 11) is 0. The molecule has 42 nitrogen and oxygen atoms in total. The fourth-order valence-electron chi connectivity index (χ4n) is 13.5. The Kier molecular flexibility index (Phi) is 35.6. The van der Waals surface area contributed by atoms with E-state index in [0.29, 0.717) is 63.5 Å². The van der Waals surface area contributed by atoms with Gasteiger partial charge in [0.25, 0.3) is 5.79 Å². The smallest absolute Gasteiger partial charge is 0.364 e. The van der Waals surface area contributed by atoms with Crippen LogP contribution < -0.4 is 10.6 Å². The first-order valence-corrected chi connectivity index (χ1v) is 36.5. The van der Waals surface area contributed by atoms with Gasteiger partial charge in [-0.05, 0) is 25.7 Å². The molecule has 0 bridgehead atoms. The molecule has 7 saturated heterocycles. The van der Waals surface area contributed by atoms with Gasteiger partial charge in [-0.1, -0.05) is 26.2 Å². The highest BCUT2D eigenvalue weighted by molar-refractivity contribution is 8.00. The van der Waals surface area contributed by atoms with Crippen LogP contribution in [0.5, 0.6) is 0 Å². The molecule has 0 saturated carbocycles. The van der Waals surface area contributed by atoms with E-state index in [4.69, 9.17) is 56.8 Å². The number of aliphatic hydroxyl groups excluding tert-OH is 19. The molecule has 616 valence electrons. The number of amides is 4. The molecular formula is C64H105N3O39S. The minimum absolute atomic E-state index is 0.0282. The normalized spacial score (nSPS) is 39.7. The summed E-state index contributed by atoms with van der Waals surface area (Å²) in [5, 5.41) is 223. The second kappa shape index (κ2) is 42.2. The highest BCUT2D eigenvalue weighted by Crippen LogP contribution is 2.41. The number of carbonyl (C=O) groups excluding carboxylic acids is 6. The Morgan fingerprint density at radius 2 is 1.04 bits per heavy atom. The predicted molar refractivity (Wildman–Crippen MR) is 349 cm³/mol. The number of aliphatic carboxylic acids is 1. The van der Waals surface area contributed by atoms with Crippen molar-refractivity contribution in [3.8, 4) is 0 Å². The Bertz CT molecular complexity index is 2830. The summed E-state index contributed by atoms with van der Waals surface area (Å²) in [6.07, 6.45) is -54.0. The fourth-order valence-corrected chi connectivity index (χ4v) is 14.7. The number of nitrogens with one attached hydrogen (secondary N) is 2. The van der Waals surface area contributed by atoms with Gasteiger partial charge in [-0.25, -0.2) is 4.79 Å². The lowest BCUT2D eigenvalue weighted by molar-refractivity contribution is -0.393. The van der Waals surface area contributed by atoms with Crippen LogP contribution in [-0.2, 0) is 90.4 Å². The van der Waals surface area contributed by atoms with Crippen molar-refractivity contribution in [2.75, 3.05) is 65.2 Å². The fraction of sp³-hybridized carbons (Fsp3) is 0.891. The van der Waals surface area contributed by atoms with Crippen LogP contribution in [0.3, 0.4) is 0 Å². The summed E-state index contributed by atoms with van der Waals surface area (Å²) in [6.45, 7) is -4.84. The number of ketones is 2. The van der Waals surface area contributed by atoms with Crippen LogP contribution in [0, 0.1) is 0 Å². The molecule has 7 fully saturated rings. The van der Waals surface area contributed by atoms with Crippen molar-refractivity contribution in [2.24, 2.45) is 0 Å². The summed E-state index contributed by atoms with van der Waals surface area (Å²) < 4.78 is 69.5. The first-order valence-electron chi connectivity index (χ1n) is 35.5. The second-order valence-corrected chi connectivity index (χ2v) is 28.4.